The molecule has 2 N–H and O–H groups in total. The molecule has 0 amide bonds. The fourth-order valence-corrected chi connectivity index (χ4v) is 3.27. The SMILES string of the molecule is CCCCCCCCCCCc1c(CCC)nc2ncnn2c1N. The zero-order chi connectivity index (χ0) is 17.2. The number of anilines is 1. The second kappa shape index (κ2) is 10.3. The van der Waals surface area contributed by atoms with Crippen molar-refractivity contribution in [3.05, 3.63) is 17.6 Å². The lowest BCUT2D eigenvalue weighted by Crippen LogP contribution is -2.10. The van der Waals surface area contributed by atoms with Crippen LogP contribution >= 0.6 is 0 Å². The number of fused-ring (bicyclic) bond motifs is 1. The molecule has 24 heavy (non-hydrogen) atoms. The van der Waals surface area contributed by atoms with Gasteiger partial charge in [-0.2, -0.15) is 14.6 Å². The maximum Gasteiger partial charge on any atom is 0.254 e. The van der Waals surface area contributed by atoms with E-state index in [1.165, 1.54) is 69.7 Å². The Bertz CT molecular complexity index is 605. The smallest absolute Gasteiger partial charge is 0.254 e. The lowest BCUT2D eigenvalue weighted by Gasteiger charge is -2.12. The molecule has 0 aliphatic rings. The molecule has 0 atom stereocenters. The Kier molecular flexibility index (Phi) is 7.99. The topological polar surface area (TPSA) is 69.1 Å². The molecule has 0 bridgehead atoms. The number of aromatic nitrogens is 4. The fourth-order valence-electron chi connectivity index (χ4n) is 3.27. The van der Waals surface area contributed by atoms with Gasteiger partial charge in [0.15, 0.2) is 0 Å². The van der Waals surface area contributed by atoms with Crippen molar-refractivity contribution in [3.8, 4) is 0 Å². The van der Waals surface area contributed by atoms with Gasteiger partial charge in [0, 0.05) is 5.56 Å². The van der Waals surface area contributed by atoms with Crippen molar-refractivity contribution in [1.82, 2.24) is 19.6 Å². The largest absolute Gasteiger partial charge is 0.383 e. The molecule has 2 heterocycles. The number of rotatable bonds is 12. The highest BCUT2D eigenvalue weighted by molar-refractivity contribution is 5.49. The van der Waals surface area contributed by atoms with E-state index in [0.717, 1.165) is 30.8 Å². The van der Waals surface area contributed by atoms with E-state index in [4.69, 9.17) is 5.73 Å². The zero-order valence-corrected chi connectivity index (χ0v) is 15.4. The molecule has 0 saturated heterocycles. The van der Waals surface area contributed by atoms with E-state index < -0.39 is 0 Å². The van der Waals surface area contributed by atoms with E-state index in [0.29, 0.717) is 5.78 Å². The van der Waals surface area contributed by atoms with Crippen LogP contribution in [0.4, 0.5) is 5.82 Å². The second-order valence-corrected chi connectivity index (χ2v) is 6.72. The summed E-state index contributed by atoms with van der Waals surface area (Å²) in [6.07, 6.45) is 16.6. The summed E-state index contributed by atoms with van der Waals surface area (Å²) in [4.78, 5) is 8.83. The zero-order valence-electron chi connectivity index (χ0n) is 15.4. The van der Waals surface area contributed by atoms with Crippen LogP contribution in [0.25, 0.3) is 5.78 Å². The highest BCUT2D eigenvalue weighted by Crippen LogP contribution is 2.21. The molecule has 2 aromatic heterocycles. The fraction of sp³-hybridized carbons (Fsp3) is 0.737. The number of hydrogen-bond donors (Lipinski definition) is 1. The molecule has 0 unspecified atom stereocenters. The first kappa shape index (κ1) is 18.7. The van der Waals surface area contributed by atoms with Crippen LogP contribution in [0.3, 0.4) is 0 Å². The second-order valence-electron chi connectivity index (χ2n) is 6.72. The molecule has 2 aromatic rings. The Hall–Kier alpha value is -1.65. The average molecular weight is 332 g/mol. The monoisotopic (exact) mass is 331 g/mol. The standard InChI is InChI=1S/C19H33N5/c1-3-5-6-7-8-9-10-11-12-14-16-17(13-4-2)23-19-21-15-22-24(19)18(16)20/h15H,3-14,20H2,1-2H3. The van der Waals surface area contributed by atoms with Crippen LogP contribution in [0.15, 0.2) is 6.33 Å². The molecular formula is C19H33N5. The summed E-state index contributed by atoms with van der Waals surface area (Å²) in [6.45, 7) is 4.44. The number of unbranched alkanes of at least 4 members (excludes halogenated alkanes) is 8. The van der Waals surface area contributed by atoms with Gasteiger partial charge in [-0.25, -0.2) is 4.98 Å². The molecule has 0 saturated carbocycles. The molecule has 0 aliphatic heterocycles. The van der Waals surface area contributed by atoms with Crippen molar-refractivity contribution in [3.63, 3.8) is 0 Å². The molecule has 0 spiro atoms. The predicted octanol–water partition coefficient (Wildman–Crippen LogP) is 4.73. The molecular weight excluding hydrogens is 298 g/mol. The van der Waals surface area contributed by atoms with Gasteiger partial charge in [-0.1, -0.05) is 71.6 Å². The van der Waals surface area contributed by atoms with Gasteiger partial charge in [0.1, 0.15) is 12.1 Å². The van der Waals surface area contributed by atoms with E-state index in [-0.39, 0.29) is 0 Å². The third kappa shape index (κ3) is 5.18. The summed E-state index contributed by atoms with van der Waals surface area (Å²) in [7, 11) is 0. The Morgan fingerprint density at radius 2 is 1.54 bits per heavy atom. The summed E-state index contributed by atoms with van der Waals surface area (Å²) in [5.41, 5.74) is 8.61. The summed E-state index contributed by atoms with van der Waals surface area (Å²) < 4.78 is 1.67. The van der Waals surface area contributed by atoms with Crippen LogP contribution in [0.1, 0.15) is 89.3 Å². The molecule has 5 nitrogen and oxygen atoms in total. The maximum atomic E-state index is 6.32. The number of nitrogens with zero attached hydrogens (tertiary/aromatic N) is 4. The van der Waals surface area contributed by atoms with E-state index in [1.807, 2.05) is 0 Å². The number of aryl methyl sites for hydroxylation is 1. The van der Waals surface area contributed by atoms with Crippen molar-refractivity contribution in [2.45, 2.75) is 90.9 Å². The first-order valence-electron chi connectivity index (χ1n) is 9.74. The van der Waals surface area contributed by atoms with Gasteiger partial charge in [0.25, 0.3) is 5.78 Å². The Balaban J connectivity index is 1.81. The van der Waals surface area contributed by atoms with Crippen molar-refractivity contribution >= 4 is 11.6 Å². The van der Waals surface area contributed by atoms with E-state index in [9.17, 15) is 0 Å². The highest BCUT2D eigenvalue weighted by atomic mass is 15.3. The van der Waals surface area contributed by atoms with E-state index >= 15 is 0 Å². The maximum absolute atomic E-state index is 6.32. The third-order valence-corrected chi connectivity index (χ3v) is 4.67. The van der Waals surface area contributed by atoms with E-state index in [1.54, 1.807) is 4.52 Å². The number of hydrogen-bond acceptors (Lipinski definition) is 4. The first-order valence-corrected chi connectivity index (χ1v) is 9.74. The molecule has 0 fully saturated rings. The molecule has 134 valence electrons. The molecule has 0 aromatic carbocycles. The Morgan fingerprint density at radius 3 is 2.21 bits per heavy atom. The van der Waals surface area contributed by atoms with Crippen LogP contribution in [0.5, 0.6) is 0 Å². The first-order chi connectivity index (χ1) is 11.8. The van der Waals surface area contributed by atoms with Crippen molar-refractivity contribution in [1.29, 1.82) is 0 Å². The van der Waals surface area contributed by atoms with Gasteiger partial charge in [-0.05, 0) is 19.3 Å². The average Bonchev–Trinajstić information content (AvgIpc) is 3.04. The Morgan fingerprint density at radius 1 is 0.875 bits per heavy atom. The predicted molar refractivity (Wildman–Crippen MR) is 100 cm³/mol. The van der Waals surface area contributed by atoms with Gasteiger partial charge in [0.05, 0.1) is 5.69 Å². The van der Waals surface area contributed by atoms with Crippen molar-refractivity contribution in [2.24, 2.45) is 0 Å². The molecule has 5 heteroatoms. The lowest BCUT2D eigenvalue weighted by molar-refractivity contribution is 0.564. The number of nitrogen functional groups attached to an aromatic ring is 1. The third-order valence-electron chi connectivity index (χ3n) is 4.67. The molecule has 2 rings (SSSR count). The van der Waals surface area contributed by atoms with Crippen LogP contribution in [-0.4, -0.2) is 19.6 Å². The minimum Gasteiger partial charge on any atom is -0.383 e. The van der Waals surface area contributed by atoms with Crippen LogP contribution in [-0.2, 0) is 12.8 Å². The van der Waals surface area contributed by atoms with E-state index in [2.05, 4.69) is 28.9 Å². The Labute approximate surface area is 146 Å². The van der Waals surface area contributed by atoms with Gasteiger partial charge < -0.3 is 5.73 Å². The number of nitrogens with two attached hydrogens (primary N) is 1. The summed E-state index contributed by atoms with van der Waals surface area (Å²) in [5.74, 6) is 1.34. The van der Waals surface area contributed by atoms with Gasteiger partial charge in [-0.3, -0.25) is 0 Å². The quantitative estimate of drug-likeness (QED) is 0.571. The van der Waals surface area contributed by atoms with Crippen LogP contribution < -0.4 is 5.73 Å². The van der Waals surface area contributed by atoms with Crippen LogP contribution in [0, 0.1) is 0 Å². The minimum atomic E-state index is 0.617. The highest BCUT2D eigenvalue weighted by Gasteiger charge is 2.13. The van der Waals surface area contributed by atoms with Crippen molar-refractivity contribution < 1.29 is 0 Å². The molecule has 0 radical (unpaired) electrons. The van der Waals surface area contributed by atoms with Crippen molar-refractivity contribution in [2.75, 3.05) is 5.73 Å². The summed E-state index contributed by atoms with van der Waals surface area (Å²) >= 11 is 0. The van der Waals surface area contributed by atoms with Crippen LogP contribution in [0.2, 0.25) is 0 Å². The lowest BCUT2D eigenvalue weighted by atomic mass is 10.0. The van der Waals surface area contributed by atoms with Gasteiger partial charge in [-0.15, -0.1) is 0 Å². The minimum absolute atomic E-state index is 0.617. The van der Waals surface area contributed by atoms with Gasteiger partial charge in [0.2, 0.25) is 0 Å². The van der Waals surface area contributed by atoms with Gasteiger partial charge >= 0.3 is 0 Å². The molecule has 0 aliphatic carbocycles. The summed E-state index contributed by atoms with van der Waals surface area (Å²) in [6, 6.07) is 0. The normalized spacial score (nSPS) is 11.4. The summed E-state index contributed by atoms with van der Waals surface area (Å²) in [5, 5.41) is 4.19.